The monoisotopic (exact) mass is 229 g/mol. The summed E-state index contributed by atoms with van der Waals surface area (Å²) in [5.41, 5.74) is 1.09. The number of hydrogen-bond acceptors (Lipinski definition) is 1. The van der Waals surface area contributed by atoms with E-state index in [1.165, 1.54) is 6.07 Å². The van der Waals surface area contributed by atoms with Gasteiger partial charge in [-0.25, -0.2) is 0 Å². The molecule has 16 heavy (non-hydrogen) atoms. The van der Waals surface area contributed by atoms with Crippen LogP contribution < -0.4 is 4.90 Å². The average molecular weight is 229 g/mol. The summed E-state index contributed by atoms with van der Waals surface area (Å²) in [6.07, 6.45) is -2.12. The van der Waals surface area contributed by atoms with Gasteiger partial charge < -0.3 is 4.90 Å². The van der Waals surface area contributed by atoms with E-state index in [-0.39, 0.29) is 0 Å². The quantitative estimate of drug-likeness (QED) is 0.711. The molecule has 0 bridgehead atoms. The molecule has 1 aromatic carbocycles. The van der Waals surface area contributed by atoms with Gasteiger partial charge in [-0.15, -0.1) is 0 Å². The van der Waals surface area contributed by atoms with Crippen molar-refractivity contribution in [3.05, 3.63) is 29.3 Å². The van der Waals surface area contributed by atoms with E-state index in [0.717, 1.165) is 43.2 Å². The molecule has 2 rings (SSSR count). The Labute approximate surface area is 92.9 Å². The Hall–Kier alpha value is -1.19. The van der Waals surface area contributed by atoms with Crippen molar-refractivity contribution in [2.24, 2.45) is 0 Å². The van der Waals surface area contributed by atoms with Crippen molar-refractivity contribution < 1.29 is 13.2 Å². The highest BCUT2D eigenvalue weighted by Gasteiger charge is 2.31. The summed E-state index contributed by atoms with van der Waals surface area (Å²) < 4.78 is 37.7. The lowest BCUT2D eigenvalue weighted by Crippen LogP contribution is -2.19. The third-order valence-corrected chi connectivity index (χ3v) is 2.98. The SMILES string of the molecule is Cc1ccc(C(F)(F)F)cc1N1CCCC1. The summed E-state index contributed by atoms with van der Waals surface area (Å²) in [4.78, 5) is 2.03. The maximum atomic E-state index is 12.6. The maximum absolute atomic E-state index is 12.6. The first-order valence-electron chi connectivity index (χ1n) is 5.41. The Bertz CT molecular complexity index is 378. The van der Waals surface area contributed by atoms with E-state index in [0.29, 0.717) is 0 Å². The summed E-state index contributed by atoms with van der Waals surface area (Å²) in [6, 6.07) is 3.96. The highest BCUT2D eigenvalue weighted by molar-refractivity contribution is 5.56. The first-order chi connectivity index (χ1) is 7.48. The van der Waals surface area contributed by atoms with Crippen LogP contribution in [0.15, 0.2) is 18.2 Å². The maximum Gasteiger partial charge on any atom is 0.416 e. The topological polar surface area (TPSA) is 3.24 Å². The van der Waals surface area contributed by atoms with Gasteiger partial charge in [0.15, 0.2) is 0 Å². The lowest BCUT2D eigenvalue weighted by Gasteiger charge is -2.21. The third-order valence-electron chi connectivity index (χ3n) is 2.98. The van der Waals surface area contributed by atoms with E-state index in [9.17, 15) is 13.2 Å². The molecule has 0 saturated carbocycles. The van der Waals surface area contributed by atoms with Crippen LogP contribution in [-0.4, -0.2) is 13.1 Å². The predicted molar refractivity (Wildman–Crippen MR) is 57.6 cm³/mol. The molecule has 4 heteroatoms. The molecule has 1 aliphatic rings. The molecule has 88 valence electrons. The second-order valence-corrected chi connectivity index (χ2v) is 4.19. The zero-order valence-electron chi connectivity index (χ0n) is 9.14. The van der Waals surface area contributed by atoms with Crippen LogP contribution in [-0.2, 0) is 6.18 Å². The van der Waals surface area contributed by atoms with Crippen molar-refractivity contribution >= 4 is 5.69 Å². The lowest BCUT2D eigenvalue weighted by molar-refractivity contribution is -0.137. The lowest BCUT2D eigenvalue weighted by atomic mass is 10.1. The van der Waals surface area contributed by atoms with Crippen molar-refractivity contribution in [3.63, 3.8) is 0 Å². The molecular formula is C12H14F3N. The molecule has 0 spiro atoms. The molecule has 0 aliphatic carbocycles. The number of nitrogens with zero attached hydrogens (tertiary/aromatic N) is 1. The molecular weight excluding hydrogens is 215 g/mol. The molecule has 0 radical (unpaired) electrons. The molecule has 1 aromatic rings. The second-order valence-electron chi connectivity index (χ2n) is 4.19. The Balaban J connectivity index is 2.36. The minimum atomic E-state index is -4.25. The molecule has 0 amide bonds. The van der Waals surface area contributed by atoms with Crippen molar-refractivity contribution in [1.82, 2.24) is 0 Å². The van der Waals surface area contributed by atoms with Crippen LogP contribution in [0.4, 0.5) is 18.9 Å². The molecule has 1 fully saturated rings. The molecule has 0 atom stereocenters. The van der Waals surface area contributed by atoms with Gasteiger partial charge in [0.1, 0.15) is 0 Å². The van der Waals surface area contributed by atoms with Crippen molar-refractivity contribution in [2.75, 3.05) is 18.0 Å². The summed E-state index contributed by atoms with van der Waals surface area (Å²) in [5.74, 6) is 0. The van der Waals surface area contributed by atoms with Crippen molar-refractivity contribution in [1.29, 1.82) is 0 Å². The van der Waals surface area contributed by atoms with Gasteiger partial charge in [-0.2, -0.15) is 13.2 Å². The van der Waals surface area contributed by atoms with Crippen LogP contribution in [0.3, 0.4) is 0 Å². The van der Waals surface area contributed by atoms with Crippen LogP contribution in [0.1, 0.15) is 24.0 Å². The number of anilines is 1. The molecule has 1 saturated heterocycles. The van der Waals surface area contributed by atoms with Crippen LogP contribution in [0, 0.1) is 6.92 Å². The van der Waals surface area contributed by atoms with E-state index in [2.05, 4.69) is 0 Å². The molecule has 1 nitrogen and oxygen atoms in total. The summed E-state index contributed by atoms with van der Waals surface area (Å²) in [5, 5.41) is 0. The number of hydrogen-bond donors (Lipinski definition) is 0. The van der Waals surface area contributed by atoms with Gasteiger partial charge in [-0.1, -0.05) is 6.07 Å². The molecule has 0 N–H and O–H groups in total. The number of alkyl halides is 3. The highest BCUT2D eigenvalue weighted by atomic mass is 19.4. The minimum absolute atomic E-state index is 0.556. The third kappa shape index (κ3) is 2.15. The molecule has 0 unspecified atom stereocenters. The van der Waals surface area contributed by atoms with Gasteiger partial charge in [-0.3, -0.25) is 0 Å². The van der Waals surface area contributed by atoms with Gasteiger partial charge in [0.05, 0.1) is 5.56 Å². The molecule has 1 aliphatic heterocycles. The fourth-order valence-electron chi connectivity index (χ4n) is 2.08. The molecule has 1 heterocycles. The Morgan fingerprint density at radius 3 is 2.31 bits per heavy atom. The number of rotatable bonds is 1. The van der Waals surface area contributed by atoms with Gasteiger partial charge in [0.25, 0.3) is 0 Å². The van der Waals surface area contributed by atoms with E-state index >= 15 is 0 Å². The zero-order valence-corrected chi connectivity index (χ0v) is 9.14. The largest absolute Gasteiger partial charge is 0.416 e. The normalized spacial score (nSPS) is 16.9. The molecule has 0 aromatic heterocycles. The summed E-state index contributed by atoms with van der Waals surface area (Å²) in [6.45, 7) is 3.58. The van der Waals surface area contributed by atoms with Crippen molar-refractivity contribution in [2.45, 2.75) is 25.9 Å². The standard InChI is InChI=1S/C12H14F3N/c1-9-4-5-10(12(13,14)15)8-11(9)16-6-2-3-7-16/h4-5,8H,2-3,6-7H2,1H3. The number of benzene rings is 1. The van der Waals surface area contributed by atoms with E-state index in [4.69, 9.17) is 0 Å². The van der Waals surface area contributed by atoms with Crippen LogP contribution >= 0.6 is 0 Å². The fourth-order valence-corrected chi connectivity index (χ4v) is 2.08. The summed E-state index contributed by atoms with van der Waals surface area (Å²) in [7, 11) is 0. The number of halogens is 3. The highest BCUT2D eigenvalue weighted by Crippen LogP contribution is 2.34. The number of aryl methyl sites for hydroxylation is 1. The zero-order chi connectivity index (χ0) is 11.8. The van der Waals surface area contributed by atoms with Gasteiger partial charge in [0.2, 0.25) is 0 Å². The Morgan fingerprint density at radius 1 is 1.12 bits per heavy atom. The van der Waals surface area contributed by atoms with E-state index in [1.54, 1.807) is 6.07 Å². The fraction of sp³-hybridized carbons (Fsp3) is 0.500. The first-order valence-corrected chi connectivity index (χ1v) is 5.41. The first kappa shape index (κ1) is 11.3. The second kappa shape index (κ2) is 4.00. The Kier molecular flexibility index (Phi) is 2.82. The summed E-state index contributed by atoms with van der Waals surface area (Å²) >= 11 is 0. The van der Waals surface area contributed by atoms with Gasteiger partial charge in [-0.05, 0) is 37.5 Å². The van der Waals surface area contributed by atoms with Crippen molar-refractivity contribution in [3.8, 4) is 0 Å². The van der Waals surface area contributed by atoms with E-state index in [1.807, 2.05) is 11.8 Å². The smallest absolute Gasteiger partial charge is 0.371 e. The average Bonchev–Trinajstić information content (AvgIpc) is 2.69. The predicted octanol–water partition coefficient (Wildman–Crippen LogP) is 3.61. The van der Waals surface area contributed by atoms with Gasteiger partial charge in [0, 0.05) is 18.8 Å². The minimum Gasteiger partial charge on any atom is -0.371 e. The van der Waals surface area contributed by atoms with Crippen LogP contribution in [0.2, 0.25) is 0 Å². The van der Waals surface area contributed by atoms with Gasteiger partial charge >= 0.3 is 6.18 Å². The van der Waals surface area contributed by atoms with Crippen LogP contribution in [0.25, 0.3) is 0 Å². The van der Waals surface area contributed by atoms with E-state index < -0.39 is 11.7 Å². The van der Waals surface area contributed by atoms with Crippen LogP contribution in [0.5, 0.6) is 0 Å². The Morgan fingerprint density at radius 2 is 1.75 bits per heavy atom.